The normalized spacial score (nSPS) is 20.5. The monoisotopic (exact) mass is 294 g/mol. The van der Waals surface area contributed by atoms with Crippen molar-refractivity contribution in [3.8, 4) is 0 Å². The summed E-state index contributed by atoms with van der Waals surface area (Å²) in [4.78, 5) is 0. The predicted octanol–water partition coefficient (Wildman–Crippen LogP) is 4.58. The number of rotatable bonds is 6. The van der Waals surface area contributed by atoms with E-state index in [4.69, 9.17) is 0 Å². The van der Waals surface area contributed by atoms with Gasteiger partial charge < -0.3 is 5.92 Å². The predicted molar refractivity (Wildman–Crippen MR) is 59.2 cm³/mol. The maximum atomic E-state index is 3.73. The molecule has 1 aliphatic carbocycles. The summed E-state index contributed by atoms with van der Waals surface area (Å²) in [6.07, 6.45) is 10.2. The zero-order valence-corrected chi connectivity index (χ0v) is 13.2. The number of halogens is 1. The molecule has 0 bridgehead atoms. The molecular weight excluding hydrogens is 277 g/mol. The molecule has 1 fully saturated rings. The molecule has 0 aromatic carbocycles. The third kappa shape index (κ3) is 6.85. The molecular formula is C11H19BrZn. The van der Waals surface area contributed by atoms with Crippen molar-refractivity contribution in [3.63, 3.8) is 0 Å². The van der Waals surface area contributed by atoms with Gasteiger partial charge in [-0.3, -0.25) is 0 Å². The fourth-order valence-electron chi connectivity index (χ4n) is 1.61. The molecule has 0 nitrogen and oxygen atoms in total. The molecule has 13 heavy (non-hydrogen) atoms. The first kappa shape index (κ1) is 13.8. The quantitative estimate of drug-likeness (QED) is 0.382. The summed E-state index contributed by atoms with van der Waals surface area (Å²) in [6.45, 7) is 6.00. The average Bonchev–Trinajstić information content (AvgIpc) is 2.93. The van der Waals surface area contributed by atoms with Crippen LogP contribution in [-0.2, 0) is 16.3 Å². The Morgan fingerprint density at radius 2 is 2.31 bits per heavy atom. The Bertz CT molecular complexity index is 125. The number of unbranched alkanes of at least 4 members (excludes halogenated alkanes) is 1. The summed E-state index contributed by atoms with van der Waals surface area (Å²) in [5.74, 6) is 2.81. The third-order valence-electron chi connectivity index (χ3n) is 2.50. The van der Waals surface area contributed by atoms with Crippen molar-refractivity contribution in [3.05, 3.63) is 18.6 Å². The van der Waals surface area contributed by atoms with Gasteiger partial charge in [0.1, 0.15) is 0 Å². The van der Waals surface area contributed by atoms with E-state index in [-0.39, 0.29) is 0 Å². The van der Waals surface area contributed by atoms with E-state index >= 15 is 0 Å². The van der Waals surface area contributed by atoms with Crippen molar-refractivity contribution >= 4 is 13.6 Å². The Morgan fingerprint density at radius 1 is 1.62 bits per heavy atom. The van der Waals surface area contributed by atoms with E-state index in [1.54, 1.807) is 5.92 Å². The second kappa shape index (κ2) is 9.40. The Labute approximate surface area is 99.6 Å². The topological polar surface area (TPSA) is 0 Å². The minimum atomic E-state index is 1.01. The van der Waals surface area contributed by atoms with Gasteiger partial charge >= 0.3 is 30.0 Å². The summed E-state index contributed by atoms with van der Waals surface area (Å²) < 4.78 is 0. The molecule has 0 aromatic heterocycles. The standard InChI is InChI=1S/C11H19.BrH.Zn/c1-3-5-7-10-9-11(10)8-6-4-2;;/h3,11H,1,4-9H2,2H3;1H;/q-1;;+2/p-1/t11-;;/m0../s1. The van der Waals surface area contributed by atoms with E-state index in [1.807, 2.05) is 6.08 Å². The Kier molecular flexibility index (Phi) is 10.0. The van der Waals surface area contributed by atoms with Crippen molar-refractivity contribution < 1.29 is 16.3 Å². The SMILES string of the molecule is C=CCC[C-]1C[C@@H]1CCCC.[Zn+][Br]. The molecule has 0 heterocycles. The van der Waals surface area contributed by atoms with E-state index in [0.29, 0.717) is 0 Å². The Morgan fingerprint density at radius 3 is 2.85 bits per heavy atom. The van der Waals surface area contributed by atoms with Crippen molar-refractivity contribution in [1.29, 1.82) is 0 Å². The van der Waals surface area contributed by atoms with Crippen LogP contribution in [0.2, 0.25) is 0 Å². The van der Waals surface area contributed by atoms with Gasteiger partial charge in [-0.05, 0) is 0 Å². The van der Waals surface area contributed by atoms with Crippen LogP contribution in [0.25, 0.3) is 0 Å². The van der Waals surface area contributed by atoms with Crippen LogP contribution in [0.15, 0.2) is 12.7 Å². The van der Waals surface area contributed by atoms with Gasteiger partial charge in [-0.25, -0.2) is 6.42 Å². The van der Waals surface area contributed by atoms with Crippen LogP contribution in [0.3, 0.4) is 0 Å². The Hall–Kier alpha value is 0.843. The van der Waals surface area contributed by atoms with E-state index in [9.17, 15) is 0 Å². The van der Waals surface area contributed by atoms with Crippen molar-refractivity contribution in [2.45, 2.75) is 45.4 Å². The molecule has 0 spiro atoms. The number of allylic oxidation sites excluding steroid dienone is 1. The molecule has 1 rings (SSSR count). The Balaban J connectivity index is 0.000000671. The molecule has 0 saturated heterocycles. The van der Waals surface area contributed by atoms with Gasteiger partial charge in [0, 0.05) is 0 Å². The zero-order valence-electron chi connectivity index (χ0n) is 8.69. The summed E-state index contributed by atoms with van der Waals surface area (Å²) in [6, 6.07) is 0. The van der Waals surface area contributed by atoms with Gasteiger partial charge in [0.05, 0.1) is 0 Å². The number of hydrogen-bond donors (Lipinski definition) is 0. The van der Waals surface area contributed by atoms with E-state index < -0.39 is 0 Å². The molecule has 0 radical (unpaired) electrons. The van der Waals surface area contributed by atoms with Gasteiger partial charge in [0.15, 0.2) is 0 Å². The second-order valence-corrected chi connectivity index (χ2v) is 3.53. The first-order valence-corrected chi connectivity index (χ1v) is 12.1. The summed E-state index contributed by atoms with van der Waals surface area (Å²) in [5, 5.41) is 0. The molecule has 0 aromatic rings. The summed E-state index contributed by atoms with van der Waals surface area (Å²) >= 11 is 4.25. The molecule has 0 unspecified atom stereocenters. The zero-order chi connectivity index (χ0) is 10.1. The summed E-state index contributed by atoms with van der Waals surface area (Å²) in [7, 11) is 0. The van der Waals surface area contributed by atoms with Crippen LogP contribution in [0.5, 0.6) is 0 Å². The molecule has 72 valence electrons. The molecule has 1 aliphatic rings. The van der Waals surface area contributed by atoms with Crippen LogP contribution in [0.1, 0.15) is 45.4 Å². The molecule has 1 saturated carbocycles. The second-order valence-electron chi connectivity index (χ2n) is 3.53. The molecule has 0 aliphatic heterocycles. The minimum absolute atomic E-state index is 1.01. The van der Waals surface area contributed by atoms with Crippen LogP contribution in [0, 0.1) is 11.8 Å². The van der Waals surface area contributed by atoms with Gasteiger partial charge in [0.25, 0.3) is 0 Å². The average molecular weight is 297 g/mol. The van der Waals surface area contributed by atoms with Gasteiger partial charge in [-0.2, -0.15) is 12.3 Å². The fraction of sp³-hybridized carbons (Fsp3) is 0.727. The maximum absolute atomic E-state index is 3.73. The molecule has 1 atom stereocenters. The van der Waals surface area contributed by atoms with Crippen LogP contribution < -0.4 is 0 Å². The van der Waals surface area contributed by atoms with E-state index in [1.165, 1.54) is 54.9 Å². The summed E-state index contributed by atoms with van der Waals surface area (Å²) in [5.41, 5.74) is 0. The number of hydrogen-bond acceptors (Lipinski definition) is 0. The first-order chi connectivity index (χ1) is 6.38. The third-order valence-corrected chi connectivity index (χ3v) is 2.50. The first-order valence-electron chi connectivity index (χ1n) is 5.10. The van der Waals surface area contributed by atoms with Crippen molar-refractivity contribution in [1.82, 2.24) is 0 Å². The van der Waals surface area contributed by atoms with Gasteiger partial charge in [0.2, 0.25) is 0 Å². The molecule has 0 amide bonds. The van der Waals surface area contributed by atoms with E-state index in [0.717, 1.165) is 5.92 Å². The van der Waals surface area contributed by atoms with Crippen LogP contribution in [0.4, 0.5) is 0 Å². The van der Waals surface area contributed by atoms with Gasteiger partial charge in [-0.15, -0.1) is 6.58 Å². The fourth-order valence-corrected chi connectivity index (χ4v) is 1.61. The molecule has 0 N–H and O–H groups in total. The van der Waals surface area contributed by atoms with Crippen molar-refractivity contribution in [2.24, 2.45) is 5.92 Å². The van der Waals surface area contributed by atoms with Crippen molar-refractivity contribution in [2.75, 3.05) is 0 Å². The molecule has 2 heteroatoms. The van der Waals surface area contributed by atoms with Crippen LogP contribution in [-0.4, -0.2) is 0 Å². The van der Waals surface area contributed by atoms with Crippen LogP contribution >= 0.6 is 13.6 Å². The van der Waals surface area contributed by atoms with E-state index in [2.05, 4.69) is 27.1 Å². The van der Waals surface area contributed by atoms with Gasteiger partial charge in [-0.1, -0.05) is 38.7 Å².